The number of imidazole rings is 1. The van der Waals surface area contributed by atoms with Crippen LogP contribution in [0.2, 0.25) is 0 Å². The van der Waals surface area contributed by atoms with Gasteiger partial charge in [-0.15, -0.1) is 0 Å². The highest BCUT2D eigenvalue weighted by atomic mass is 16.1. The molecule has 2 heterocycles. The molecule has 1 aliphatic rings. The molecule has 3 aromatic rings. The zero-order valence-corrected chi connectivity index (χ0v) is 19.0. The predicted molar refractivity (Wildman–Crippen MR) is 129 cm³/mol. The molecule has 1 atom stereocenters. The second-order valence-corrected chi connectivity index (χ2v) is 8.74. The quantitative estimate of drug-likeness (QED) is 0.552. The lowest BCUT2D eigenvalue weighted by Gasteiger charge is -2.32. The van der Waals surface area contributed by atoms with Gasteiger partial charge >= 0.3 is 0 Å². The van der Waals surface area contributed by atoms with Crippen molar-refractivity contribution in [3.63, 3.8) is 0 Å². The fourth-order valence-corrected chi connectivity index (χ4v) is 4.44. The van der Waals surface area contributed by atoms with E-state index in [1.54, 1.807) is 0 Å². The number of amides is 1. The third-order valence-electron chi connectivity index (χ3n) is 6.35. The van der Waals surface area contributed by atoms with Gasteiger partial charge in [0.05, 0.1) is 23.9 Å². The molecule has 6 heteroatoms. The van der Waals surface area contributed by atoms with Crippen LogP contribution in [0.4, 0.5) is 0 Å². The summed E-state index contributed by atoms with van der Waals surface area (Å²) in [7, 11) is 0. The monoisotopic (exact) mass is 441 g/mol. The number of nitrogens with one attached hydrogen (secondary N) is 1. The molecule has 4 rings (SSSR count). The average molecular weight is 442 g/mol. The van der Waals surface area contributed by atoms with Crippen molar-refractivity contribution < 1.29 is 4.79 Å². The zero-order valence-electron chi connectivity index (χ0n) is 19.0. The maximum Gasteiger partial charge on any atom is 0.224 e. The summed E-state index contributed by atoms with van der Waals surface area (Å²) < 4.78 is 2.10. The number of carbonyl (C=O) groups excluding carboxylic acids is 1. The molecule has 0 unspecified atom stereocenters. The van der Waals surface area contributed by atoms with Crippen LogP contribution in [0.15, 0.2) is 67.1 Å². The lowest BCUT2D eigenvalue weighted by atomic mass is 9.96. The van der Waals surface area contributed by atoms with E-state index >= 15 is 0 Å². The van der Waals surface area contributed by atoms with Crippen LogP contribution in [0, 0.1) is 17.2 Å². The Balaban J connectivity index is 1.22. The zero-order chi connectivity index (χ0) is 22.9. The van der Waals surface area contributed by atoms with E-state index in [2.05, 4.69) is 50.1 Å². The molecule has 1 aliphatic heterocycles. The molecule has 0 bridgehead atoms. The highest BCUT2D eigenvalue weighted by Gasteiger charge is 2.25. The van der Waals surface area contributed by atoms with Crippen molar-refractivity contribution >= 4 is 5.91 Å². The van der Waals surface area contributed by atoms with Crippen molar-refractivity contribution in [3.8, 4) is 6.07 Å². The van der Waals surface area contributed by atoms with Gasteiger partial charge in [0.2, 0.25) is 5.91 Å². The van der Waals surface area contributed by atoms with Crippen LogP contribution in [0.3, 0.4) is 0 Å². The normalized spacial score (nSPS) is 16.3. The van der Waals surface area contributed by atoms with E-state index in [9.17, 15) is 4.79 Å². The maximum atomic E-state index is 12.8. The lowest BCUT2D eigenvalue weighted by molar-refractivity contribution is -0.126. The molecule has 0 radical (unpaired) electrons. The van der Waals surface area contributed by atoms with E-state index in [1.165, 1.54) is 5.56 Å². The van der Waals surface area contributed by atoms with Crippen LogP contribution in [-0.4, -0.2) is 46.5 Å². The molecule has 1 fully saturated rings. The van der Waals surface area contributed by atoms with E-state index in [1.807, 2.05) is 42.9 Å². The van der Waals surface area contributed by atoms with Gasteiger partial charge in [0.1, 0.15) is 0 Å². The fraction of sp³-hybridized carbons (Fsp3) is 0.370. The predicted octanol–water partition coefficient (Wildman–Crippen LogP) is 3.42. The number of hydrogen-bond donors (Lipinski definition) is 1. The van der Waals surface area contributed by atoms with E-state index in [0.717, 1.165) is 56.6 Å². The molecule has 0 spiro atoms. The second kappa shape index (κ2) is 11.4. The molecule has 6 nitrogen and oxygen atoms in total. The molecule has 170 valence electrons. The molecule has 0 aliphatic carbocycles. The van der Waals surface area contributed by atoms with Crippen LogP contribution >= 0.6 is 0 Å². The van der Waals surface area contributed by atoms with Crippen LogP contribution in [0.1, 0.15) is 35.2 Å². The first kappa shape index (κ1) is 22.8. The van der Waals surface area contributed by atoms with Crippen LogP contribution in [-0.2, 0) is 24.2 Å². The minimum atomic E-state index is 0.0677. The number of piperidine rings is 1. The lowest BCUT2D eigenvalue weighted by Crippen LogP contribution is -2.44. The summed E-state index contributed by atoms with van der Waals surface area (Å²) in [4.78, 5) is 19.5. The molecule has 1 aromatic heterocycles. The molecule has 1 saturated heterocycles. The van der Waals surface area contributed by atoms with E-state index in [4.69, 9.17) is 5.26 Å². The summed E-state index contributed by atoms with van der Waals surface area (Å²) in [5.41, 5.74) is 4.22. The van der Waals surface area contributed by atoms with Crippen LogP contribution in [0.5, 0.6) is 0 Å². The van der Waals surface area contributed by atoms with Gasteiger partial charge in [0, 0.05) is 44.5 Å². The molecular formula is C27H31N5O. The summed E-state index contributed by atoms with van der Waals surface area (Å²) in [6, 6.07) is 20.3. The largest absolute Gasteiger partial charge is 0.355 e. The molecule has 33 heavy (non-hydrogen) atoms. The Labute approximate surface area is 195 Å². The van der Waals surface area contributed by atoms with Gasteiger partial charge in [-0.25, -0.2) is 4.98 Å². The Morgan fingerprint density at radius 1 is 1.09 bits per heavy atom. The molecule has 1 N–H and O–H groups in total. The Hall–Kier alpha value is -3.43. The van der Waals surface area contributed by atoms with Gasteiger partial charge in [-0.3, -0.25) is 4.79 Å². The highest BCUT2D eigenvalue weighted by molar-refractivity contribution is 5.78. The number of hydrogen-bond acceptors (Lipinski definition) is 4. The van der Waals surface area contributed by atoms with Crippen molar-refractivity contribution in [1.82, 2.24) is 19.8 Å². The summed E-state index contributed by atoms with van der Waals surface area (Å²) in [6.07, 6.45) is 7.49. The number of benzene rings is 2. The van der Waals surface area contributed by atoms with Gasteiger partial charge in [0.15, 0.2) is 0 Å². The fourth-order valence-electron chi connectivity index (χ4n) is 4.44. The summed E-state index contributed by atoms with van der Waals surface area (Å²) >= 11 is 0. The second-order valence-electron chi connectivity index (χ2n) is 8.74. The topological polar surface area (TPSA) is 74.0 Å². The summed E-state index contributed by atoms with van der Waals surface area (Å²) in [5.74, 6) is 0.232. The van der Waals surface area contributed by atoms with Crippen molar-refractivity contribution in [3.05, 3.63) is 89.5 Å². The van der Waals surface area contributed by atoms with Crippen molar-refractivity contribution in [1.29, 1.82) is 5.26 Å². The number of rotatable bonds is 9. The Bertz CT molecular complexity index is 1070. The third kappa shape index (κ3) is 6.53. The van der Waals surface area contributed by atoms with Crippen molar-refractivity contribution in [2.75, 3.05) is 26.2 Å². The van der Waals surface area contributed by atoms with E-state index in [-0.39, 0.29) is 11.8 Å². The third-order valence-corrected chi connectivity index (χ3v) is 6.35. The van der Waals surface area contributed by atoms with Gasteiger partial charge in [-0.1, -0.05) is 42.5 Å². The average Bonchev–Trinajstić information content (AvgIpc) is 3.30. The Morgan fingerprint density at radius 3 is 2.70 bits per heavy atom. The Morgan fingerprint density at radius 2 is 1.91 bits per heavy atom. The first-order chi connectivity index (χ1) is 16.2. The number of carbonyl (C=O) groups is 1. The standard InChI is InChI=1S/C27H31N5O/c28-17-23-8-10-24(11-9-23)19-32-21-29-18-26(32)12-14-30-27(33)25-7-4-15-31(20-25)16-13-22-5-2-1-3-6-22/h1-3,5-6,8-11,18,21,25H,4,7,12-16,19-20H2,(H,30,33)/t25-/m1/s1. The molecule has 1 amide bonds. The van der Waals surface area contributed by atoms with Gasteiger partial charge in [-0.2, -0.15) is 5.26 Å². The SMILES string of the molecule is N#Cc1ccc(Cn2cncc2CCNC(=O)[C@@H]2CCCN(CCc3ccccc3)C2)cc1. The summed E-state index contributed by atoms with van der Waals surface area (Å²) in [6.45, 7) is 4.23. The van der Waals surface area contributed by atoms with Crippen LogP contribution in [0.25, 0.3) is 0 Å². The minimum absolute atomic E-state index is 0.0677. The first-order valence-electron chi connectivity index (χ1n) is 11.7. The smallest absolute Gasteiger partial charge is 0.224 e. The van der Waals surface area contributed by atoms with E-state index in [0.29, 0.717) is 18.7 Å². The molecular weight excluding hydrogens is 410 g/mol. The first-order valence-corrected chi connectivity index (χ1v) is 11.7. The summed E-state index contributed by atoms with van der Waals surface area (Å²) in [5, 5.41) is 12.1. The molecule has 2 aromatic carbocycles. The van der Waals surface area contributed by atoms with Gasteiger partial charge in [-0.05, 0) is 49.1 Å². The van der Waals surface area contributed by atoms with Gasteiger partial charge < -0.3 is 14.8 Å². The van der Waals surface area contributed by atoms with Crippen molar-refractivity contribution in [2.24, 2.45) is 5.92 Å². The minimum Gasteiger partial charge on any atom is -0.355 e. The van der Waals surface area contributed by atoms with Crippen LogP contribution < -0.4 is 5.32 Å². The highest BCUT2D eigenvalue weighted by Crippen LogP contribution is 2.17. The number of nitrogens with zero attached hydrogens (tertiary/aromatic N) is 4. The van der Waals surface area contributed by atoms with E-state index < -0.39 is 0 Å². The number of nitriles is 1. The van der Waals surface area contributed by atoms with Crippen molar-refractivity contribution in [2.45, 2.75) is 32.2 Å². The molecule has 0 saturated carbocycles. The van der Waals surface area contributed by atoms with Gasteiger partial charge in [0.25, 0.3) is 0 Å². The number of aromatic nitrogens is 2. The maximum absolute atomic E-state index is 12.8. The number of likely N-dealkylation sites (tertiary alicyclic amines) is 1. The Kier molecular flexibility index (Phi) is 7.89.